The van der Waals surface area contributed by atoms with E-state index >= 15 is 0 Å². The normalized spacial score (nSPS) is 13.1. The van der Waals surface area contributed by atoms with Crippen LogP contribution in [0.1, 0.15) is 25.8 Å². The van der Waals surface area contributed by atoms with E-state index in [1.807, 2.05) is 0 Å². The van der Waals surface area contributed by atoms with Crippen LogP contribution in [0.15, 0.2) is 24.3 Å². The van der Waals surface area contributed by atoms with Crippen molar-refractivity contribution >= 4 is 0 Å². The molecule has 0 aliphatic carbocycles. The van der Waals surface area contributed by atoms with Gasteiger partial charge in [0.15, 0.2) is 0 Å². The van der Waals surface area contributed by atoms with Crippen molar-refractivity contribution in [2.45, 2.75) is 32.9 Å². The second-order valence-electron chi connectivity index (χ2n) is 4.53. The van der Waals surface area contributed by atoms with E-state index in [1.54, 1.807) is 12.1 Å². The zero-order chi connectivity index (χ0) is 12.0. The van der Waals surface area contributed by atoms with Crippen LogP contribution in [0.5, 0.6) is 0 Å². The molecule has 1 rings (SSSR count). The molecule has 0 heterocycles. The van der Waals surface area contributed by atoms with Crippen LogP contribution in [0, 0.1) is 11.7 Å². The van der Waals surface area contributed by atoms with E-state index in [2.05, 4.69) is 13.8 Å². The molecule has 16 heavy (non-hydrogen) atoms. The van der Waals surface area contributed by atoms with Gasteiger partial charge in [-0.1, -0.05) is 26.0 Å². The molecule has 2 nitrogen and oxygen atoms in total. The van der Waals surface area contributed by atoms with Gasteiger partial charge in [0.1, 0.15) is 5.82 Å². The van der Waals surface area contributed by atoms with Gasteiger partial charge in [0.2, 0.25) is 0 Å². The zero-order valence-electron chi connectivity index (χ0n) is 9.95. The summed E-state index contributed by atoms with van der Waals surface area (Å²) in [5.41, 5.74) is 6.85. The van der Waals surface area contributed by atoms with Crippen LogP contribution in [0.2, 0.25) is 0 Å². The summed E-state index contributed by atoms with van der Waals surface area (Å²) in [6, 6.07) is 6.41. The average Bonchev–Trinajstić information content (AvgIpc) is 2.20. The molecule has 90 valence electrons. The lowest BCUT2D eigenvalue weighted by Gasteiger charge is -2.14. The highest BCUT2D eigenvalue weighted by atomic mass is 19.1. The molecule has 0 amide bonds. The summed E-state index contributed by atoms with van der Waals surface area (Å²) in [6.45, 7) is 5.32. The highest BCUT2D eigenvalue weighted by molar-refractivity contribution is 5.14. The summed E-state index contributed by atoms with van der Waals surface area (Å²) in [5.74, 6) is 0.365. The predicted molar refractivity (Wildman–Crippen MR) is 63.5 cm³/mol. The zero-order valence-corrected chi connectivity index (χ0v) is 9.95. The Morgan fingerprint density at radius 2 is 1.88 bits per heavy atom. The lowest BCUT2D eigenvalue weighted by Crippen LogP contribution is -2.27. The van der Waals surface area contributed by atoms with Gasteiger partial charge in [0.05, 0.1) is 13.2 Å². The molecule has 2 N–H and O–H groups in total. The molecule has 1 aromatic rings. The molecule has 0 saturated heterocycles. The van der Waals surface area contributed by atoms with E-state index in [0.717, 1.165) is 12.0 Å². The van der Waals surface area contributed by atoms with Crippen LogP contribution in [0.4, 0.5) is 4.39 Å². The van der Waals surface area contributed by atoms with Gasteiger partial charge in [-0.25, -0.2) is 4.39 Å². The average molecular weight is 225 g/mol. The molecule has 0 spiro atoms. The molecule has 1 atom stereocenters. The Labute approximate surface area is 96.6 Å². The van der Waals surface area contributed by atoms with E-state index in [4.69, 9.17) is 10.5 Å². The highest BCUT2D eigenvalue weighted by Gasteiger charge is 2.05. The van der Waals surface area contributed by atoms with Gasteiger partial charge in [-0.3, -0.25) is 0 Å². The van der Waals surface area contributed by atoms with Gasteiger partial charge in [-0.2, -0.15) is 0 Å². The molecule has 0 aromatic heterocycles. The van der Waals surface area contributed by atoms with Crippen LogP contribution in [-0.2, 0) is 11.3 Å². The van der Waals surface area contributed by atoms with Crippen LogP contribution in [0.25, 0.3) is 0 Å². The fourth-order valence-electron chi connectivity index (χ4n) is 1.58. The van der Waals surface area contributed by atoms with Crippen molar-refractivity contribution in [1.82, 2.24) is 0 Å². The second kappa shape index (κ2) is 6.61. The minimum Gasteiger partial charge on any atom is -0.375 e. The van der Waals surface area contributed by atoms with Crippen LogP contribution in [-0.4, -0.2) is 12.6 Å². The van der Waals surface area contributed by atoms with E-state index < -0.39 is 0 Å². The Morgan fingerprint density at radius 1 is 1.25 bits per heavy atom. The van der Waals surface area contributed by atoms with Gasteiger partial charge in [-0.15, -0.1) is 0 Å². The SMILES string of the molecule is CC(C)CC(N)COCc1ccc(F)cc1. The van der Waals surface area contributed by atoms with Crippen molar-refractivity contribution in [1.29, 1.82) is 0 Å². The Hall–Kier alpha value is -0.930. The molecule has 0 bridgehead atoms. The fourth-order valence-corrected chi connectivity index (χ4v) is 1.58. The minimum absolute atomic E-state index is 0.0837. The summed E-state index contributed by atoms with van der Waals surface area (Å²) < 4.78 is 18.1. The lowest BCUT2D eigenvalue weighted by molar-refractivity contribution is 0.103. The molecule has 0 fully saturated rings. The van der Waals surface area contributed by atoms with Gasteiger partial charge < -0.3 is 10.5 Å². The highest BCUT2D eigenvalue weighted by Crippen LogP contribution is 2.06. The topological polar surface area (TPSA) is 35.2 Å². The Balaban J connectivity index is 2.22. The maximum absolute atomic E-state index is 12.6. The number of rotatable bonds is 6. The Morgan fingerprint density at radius 3 is 2.44 bits per heavy atom. The van der Waals surface area contributed by atoms with Gasteiger partial charge >= 0.3 is 0 Å². The largest absolute Gasteiger partial charge is 0.375 e. The summed E-state index contributed by atoms with van der Waals surface area (Å²) in [4.78, 5) is 0. The molecule has 1 aromatic carbocycles. The molecule has 0 radical (unpaired) electrons. The van der Waals surface area contributed by atoms with Gasteiger partial charge in [-0.05, 0) is 30.0 Å². The molecule has 0 aliphatic heterocycles. The molecular formula is C13H20FNO. The number of hydrogen-bond acceptors (Lipinski definition) is 2. The first-order valence-corrected chi connectivity index (χ1v) is 5.65. The quantitative estimate of drug-likeness (QED) is 0.808. The van der Waals surface area contributed by atoms with Crippen molar-refractivity contribution in [3.63, 3.8) is 0 Å². The van der Waals surface area contributed by atoms with Crippen LogP contribution < -0.4 is 5.73 Å². The van der Waals surface area contributed by atoms with E-state index in [1.165, 1.54) is 12.1 Å². The van der Waals surface area contributed by atoms with Crippen molar-refractivity contribution in [2.75, 3.05) is 6.61 Å². The fraction of sp³-hybridized carbons (Fsp3) is 0.538. The summed E-state index contributed by atoms with van der Waals surface area (Å²) >= 11 is 0. The summed E-state index contributed by atoms with van der Waals surface area (Å²) in [6.07, 6.45) is 0.962. The molecule has 0 aliphatic rings. The lowest BCUT2D eigenvalue weighted by atomic mass is 10.1. The minimum atomic E-state index is -0.222. The third kappa shape index (κ3) is 5.24. The van der Waals surface area contributed by atoms with Crippen LogP contribution >= 0.6 is 0 Å². The standard InChI is InChI=1S/C13H20FNO/c1-10(2)7-13(15)9-16-8-11-3-5-12(14)6-4-11/h3-6,10,13H,7-9,15H2,1-2H3. The third-order valence-electron chi connectivity index (χ3n) is 2.29. The number of halogens is 1. The first kappa shape index (κ1) is 13.1. The van der Waals surface area contributed by atoms with Crippen molar-refractivity contribution in [3.8, 4) is 0 Å². The summed E-state index contributed by atoms with van der Waals surface area (Å²) in [5, 5.41) is 0. The maximum atomic E-state index is 12.6. The first-order chi connectivity index (χ1) is 7.58. The molecule has 0 saturated carbocycles. The van der Waals surface area contributed by atoms with Gasteiger partial charge in [0.25, 0.3) is 0 Å². The number of hydrogen-bond donors (Lipinski definition) is 1. The number of ether oxygens (including phenoxy) is 1. The van der Waals surface area contributed by atoms with Crippen molar-refractivity contribution in [3.05, 3.63) is 35.6 Å². The van der Waals surface area contributed by atoms with Gasteiger partial charge in [0, 0.05) is 6.04 Å². The van der Waals surface area contributed by atoms with E-state index in [0.29, 0.717) is 19.1 Å². The third-order valence-corrected chi connectivity index (χ3v) is 2.29. The smallest absolute Gasteiger partial charge is 0.123 e. The predicted octanol–water partition coefficient (Wildman–Crippen LogP) is 2.72. The molecule has 1 unspecified atom stereocenters. The van der Waals surface area contributed by atoms with E-state index in [9.17, 15) is 4.39 Å². The van der Waals surface area contributed by atoms with Crippen molar-refractivity contribution in [2.24, 2.45) is 11.7 Å². The number of benzene rings is 1. The molecule has 3 heteroatoms. The Bertz CT molecular complexity index is 297. The Kier molecular flexibility index (Phi) is 5.43. The van der Waals surface area contributed by atoms with E-state index in [-0.39, 0.29) is 11.9 Å². The second-order valence-corrected chi connectivity index (χ2v) is 4.53. The summed E-state index contributed by atoms with van der Waals surface area (Å²) in [7, 11) is 0. The van der Waals surface area contributed by atoms with Crippen molar-refractivity contribution < 1.29 is 9.13 Å². The van der Waals surface area contributed by atoms with Crippen LogP contribution in [0.3, 0.4) is 0 Å². The molecular weight excluding hydrogens is 205 g/mol. The maximum Gasteiger partial charge on any atom is 0.123 e. The number of nitrogens with two attached hydrogens (primary N) is 1. The first-order valence-electron chi connectivity index (χ1n) is 5.65. The monoisotopic (exact) mass is 225 g/mol.